The first-order chi connectivity index (χ1) is 7.83. The summed E-state index contributed by atoms with van der Waals surface area (Å²) in [6.07, 6.45) is 4.41. The van der Waals surface area contributed by atoms with E-state index in [0.29, 0.717) is 0 Å². The molecule has 3 rings (SSSR count). The lowest BCUT2D eigenvalue weighted by atomic mass is 10.2. The molecule has 3 heteroatoms. The summed E-state index contributed by atoms with van der Waals surface area (Å²) < 4.78 is 5.55. The van der Waals surface area contributed by atoms with Gasteiger partial charge in [-0.1, -0.05) is 0 Å². The predicted molar refractivity (Wildman–Crippen MR) is 66.6 cm³/mol. The van der Waals surface area contributed by atoms with Crippen LogP contribution in [0.25, 0.3) is 10.4 Å². The lowest BCUT2D eigenvalue weighted by Crippen LogP contribution is -2.15. The van der Waals surface area contributed by atoms with Gasteiger partial charge in [0, 0.05) is 21.4 Å². The van der Waals surface area contributed by atoms with E-state index in [1.807, 2.05) is 11.3 Å². The maximum absolute atomic E-state index is 5.55. The summed E-state index contributed by atoms with van der Waals surface area (Å²) in [4.78, 5) is 2.65. The SMILES string of the molecule is Cc1ccc(-c2ccoc2CNC2CC2)s1. The molecule has 2 nitrogen and oxygen atoms in total. The number of hydrogen-bond acceptors (Lipinski definition) is 3. The molecule has 1 fully saturated rings. The van der Waals surface area contributed by atoms with Gasteiger partial charge < -0.3 is 9.73 Å². The van der Waals surface area contributed by atoms with Gasteiger partial charge in [0.15, 0.2) is 0 Å². The quantitative estimate of drug-likeness (QED) is 0.873. The summed E-state index contributed by atoms with van der Waals surface area (Å²) in [5.74, 6) is 1.06. The highest BCUT2D eigenvalue weighted by atomic mass is 32.1. The molecular formula is C13H15NOS. The molecule has 2 aromatic heterocycles. The summed E-state index contributed by atoms with van der Waals surface area (Å²) >= 11 is 1.82. The van der Waals surface area contributed by atoms with Crippen LogP contribution < -0.4 is 5.32 Å². The highest BCUT2D eigenvalue weighted by Crippen LogP contribution is 2.31. The van der Waals surface area contributed by atoms with Crippen molar-refractivity contribution in [1.29, 1.82) is 0 Å². The lowest BCUT2D eigenvalue weighted by Gasteiger charge is -2.01. The largest absolute Gasteiger partial charge is 0.467 e. The van der Waals surface area contributed by atoms with Crippen LogP contribution in [0, 0.1) is 6.92 Å². The molecule has 0 aromatic carbocycles. The number of rotatable bonds is 4. The van der Waals surface area contributed by atoms with Gasteiger partial charge in [0.25, 0.3) is 0 Å². The predicted octanol–water partition coefficient (Wildman–Crippen LogP) is 3.57. The molecule has 0 amide bonds. The summed E-state index contributed by atoms with van der Waals surface area (Å²) in [5.41, 5.74) is 1.24. The standard InChI is InChI=1S/C13H15NOS/c1-9-2-5-13(16-9)11-6-7-15-12(11)8-14-10-3-4-10/h2,5-7,10,14H,3-4,8H2,1H3. The molecule has 1 saturated carbocycles. The zero-order chi connectivity index (χ0) is 11.0. The van der Waals surface area contributed by atoms with Gasteiger partial charge >= 0.3 is 0 Å². The average molecular weight is 233 g/mol. The minimum absolute atomic E-state index is 0.725. The first-order valence-electron chi connectivity index (χ1n) is 5.69. The van der Waals surface area contributed by atoms with Crippen molar-refractivity contribution in [3.8, 4) is 10.4 Å². The normalized spacial score (nSPS) is 15.6. The van der Waals surface area contributed by atoms with Gasteiger partial charge in [-0.3, -0.25) is 0 Å². The second-order valence-electron chi connectivity index (χ2n) is 4.32. The molecule has 2 heterocycles. The van der Waals surface area contributed by atoms with Crippen molar-refractivity contribution >= 4 is 11.3 Å². The molecule has 0 atom stereocenters. The Morgan fingerprint density at radius 1 is 1.38 bits per heavy atom. The van der Waals surface area contributed by atoms with Crippen LogP contribution in [0.1, 0.15) is 23.5 Å². The zero-order valence-electron chi connectivity index (χ0n) is 9.32. The smallest absolute Gasteiger partial charge is 0.126 e. The summed E-state index contributed by atoms with van der Waals surface area (Å²) in [7, 11) is 0. The van der Waals surface area contributed by atoms with Gasteiger partial charge in [0.1, 0.15) is 5.76 Å². The Hall–Kier alpha value is -1.06. The number of thiophene rings is 1. The maximum Gasteiger partial charge on any atom is 0.126 e. The highest BCUT2D eigenvalue weighted by molar-refractivity contribution is 7.15. The molecule has 1 N–H and O–H groups in total. The summed E-state index contributed by atoms with van der Waals surface area (Å²) in [6, 6.07) is 7.12. The van der Waals surface area contributed by atoms with Crippen molar-refractivity contribution in [2.75, 3.05) is 0 Å². The third-order valence-corrected chi connectivity index (χ3v) is 3.91. The molecule has 0 radical (unpaired) electrons. The van der Waals surface area contributed by atoms with Crippen molar-refractivity contribution in [2.45, 2.75) is 32.4 Å². The minimum Gasteiger partial charge on any atom is -0.467 e. The molecule has 0 bridgehead atoms. The third-order valence-electron chi connectivity index (χ3n) is 2.88. The minimum atomic E-state index is 0.725. The van der Waals surface area contributed by atoms with Gasteiger partial charge in [-0.15, -0.1) is 11.3 Å². The number of aryl methyl sites for hydroxylation is 1. The molecule has 16 heavy (non-hydrogen) atoms. The topological polar surface area (TPSA) is 25.2 Å². The first-order valence-corrected chi connectivity index (χ1v) is 6.51. The highest BCUT2D eigenvalue weighted by Gasteiger charge is 2.21. The Bertz CT molecular complexity index is 482. The van der Waals surface area contributed by atoms with Gasteiger partial charge in [0.2, 0.25) is 0 Å². The van der Waals surface area contributed by atoms with Crippen molar-refractivity contribution in [3.63, 3.8) is 0 Å². The number of furan rings is 1. The van der Waals surface area contributed by atoms with Crippen LogP contribution in [0.15, 0.2) is 28.9 Å². The Labute approximate surface area is 99.3 Å². The van der Waals surface area contributed by atoms with E-state index in [-0.39, 0.29) is 0 Å². The Morgan fingerprint density at radius 2 is 2.25 bits per heavy atom. The van der Waals surface area contributed by atoms with Crippen LogP contribution in [0.2, 0.25) is 0 Å². The van der Waals surface area contributed by atoms with E-state index in [1.54, 1.807) is 6.26 Å². The summed E-state index contributed by atoms with van der Waals surface area (Å²) in [6.45, 7) is 2.99. The Balaban J connectivity index is 1.80. The van der Waals surface area contributed by atoms with Crippen molar-refractivity contribution in [2.24, 2.45) is 0 Å². The van der Waals surface area contributed by atoms with E-state index >= 15 is 0 Å². The molecule has 0 aliphatic heterocycles. The first kappa shape index (κ1) is 10.1. The monoisotopic (exact) mass is 233 g/mol. The average Bonchev–Trinajstić information content (AvgIpc) is 2.82. The van der Waals surface area contributed by atoms with Crippen LogP contribution in [0.3, 0.4) is 0 Å². The van der Waals surface area contributed by atoms with Crippen molar-refractivity contribution < 1.29 is 4.42 Å². The fraction of sp³-hybridized carbons (Fsp3) is 0.385. The van der Waals surface area contributed by atoms with Crippen LogP contribution >= 0.6 is 11.3 Å². The molecule has 0 unspecified atom stereocenters. The third kappa shape index (κ3) is 2.06. The lowest BCUT2D eigenvalue weighted by molar-refractivity contribution is 0.483. The molecular weight excluding hydrogens is 218 g/mol. The second kappa shape index (κ2) is 4.07. The Kier molecular flexibility index (Phi) is 2.58. The summed E-state index contributed by atoms with van der Waals surface area (Å²) in [5, 5.41) is 3.49. The second-order valence-corrected chi connectivity index (χ2v) is 5.61. The molecule has 1 aliphatic rings. The van der Waals surface area contributed by atoms with E-state index in [2.05, 4.69) is 30.4 Å². The van der Waals surface area contributed by atoms with Crippen molar-refractivity contribution in [3.05, 3.63) is 35.1 Å². The molecule has 84 valence electrons. The molecule has 1 aliphatic carbocycles. The van der Waals surface area contributed by atoms with Gasteiger partial charge in [0.05, 0.1) is 12.8 Å². The maximum atomic E-state index is 5.55. The van der Waals surface area contributed by atoms with E-state index < -0.39 is 0 Å². The van der Waals surface area contributed by atoms with Crippen LogP contribution in [0.5, 0.6) is 0 Å². The number of hydrogen-bond donors (Lipinski definition) is 1. The van der Waals surface area contributed by atoms with Gasteiger partial charge in [-0.25, -0.2) is 0 Å². The van der Waals surface area contributed by atoms with Crippen LogP contribution in [0.4, 0.5) is 0 Å². The van der Waals surface area contributed by atoms with Crippen molar-refractivity contribution in [1.82, 2.24) is 5.32 Å². The van der Waals surface area contributed by atoms with E-state index in [4.69, 9.17) is 4.42 Å². The molecule has 0 spiro atoms. The fourth-order valence-electron chi connectivity index (χ4n) is 1.80. The number of nitrogens with one attached hydrogen (secondary N) is 1. The van der Waals surface area contributed by atoms with Crippen LogP contribution in [-0.4, -0.2) is 6.04 Å². The van der Waals surface area contributed by atoms with Gasteiger partial charge in [-0.2, -0.15) is 0 Å². The fourth-order valence-corrected chi connectivity index (χ4v) is 2.71. The molecule has 2 aromatic rings. The van der Waals surface area contributed by atoms with E-state index in [1.165, 1.54) is 28.2 Å². The molecule has 0 saturated heterocycles. The van der Waals surface area contributed by atoms with Crippen LogP contribution in [-0.2, 0) is 6.54 Å². The van der Waals surface area contributed by atoms with E-state index in [9.17, 15) is 0 Å². The van der Waals surface area contributed by atoms with E-state index in [0.717, 1.165) is 18.3 Å². The zero-order valence-corrected chi connectivity index (χ0v) is 10.1. The van der Waals surface area contributed by atoms with Gasteiger partial charge in [-0.05, 0) is 38.0 Å². The Morgan fingerprint density at radius 3 is 2.94 bits per heavy atom.